The van der Waals surface area contributed by atoms with Crippen molar-refractivity contribution in [3.63, 3.8) is 0 Å². The first kappa shape index (κ1) is 17.4. The van der Waals surface area contributed by atoms with Crippen molar-refractivity contribution in [1.82, 2.24) is 8.87 Å². The van der Waals surface area contributed by atoms with E-state index in [0.29, 0.717) is 17.0 Å². The van der Waals surface area contributed by atoms with E-state index in [1.807, 2.05) is 19.9 Å². The highest BCUT2D eigenvalue weighted by atomic mass is 32.2. The van der Waals surface area contributed by atoms with Gasteiger partial charge >= 0.3 is 0 Å². The number of aromatic nitrogens is 1. The summed E-state index contributed by atoms with van der Waals surface area (Å²) in [7, 11) is -0.634. The molecule has 3 rings (SSSR count). The van der Waals surface area contributed by atoms with Gasteiger partial charge in [-0.3, -0.25) is 9.36 Å². The second-order valence-electron chi connectivity index (χ2n) is 6.59. The summed E-state index contributed by atoms with van der Waals surface area (Å²) in [5.41, 5.74) is 0.348. The lowest BCUT2D eigenvalue weighted by Gasteiger charge is -2.31. The van der Waals surface area contributed by atoms with Gasteiger partial charge in [0.05, 0.1) is 10.6 Å². The molecule has 132 valence electrons. The molecule has 2 aromatic rings. The van der Waals surface area contributed by atoms with Crippen molar-refractivity contribution in [2.45, 2.75) is 24.3 Å². The molecule has 0 bridgehead atoms. The minimum Gasteiger partial charge on any atom is -0.483 e. The van der Waals surface area contributed by atoms with Crippen LogP contribution in [0, 0.1) is 0 Å². The van der Waals surface area contributed by atoms with Crippen LogP contribution in [0.5, 0.6) is 5.75 Å². The van der Waals surface area contributed by atoms with Crippen molar-refractivity contribution < 1.29 is 13.2 Å². The Kier molecular flexibility index (Phi) is 4.09. The molecule has 0 unspecified atom stereocenters. The van der Waals surface area contributed by atoms with Gasteiger partial charge < -0.3 is 4.74 Å². The van der Waals surface area contributed by atoms with Crippen LogP contribution >= 0.6 is 0 Å². The Morgan fingerprint density at radius 3 is 2.48 bits per heavy atom. The molecule has 0 radical (unpaired) electrons. The molecule has 6 nitrogen and oxygen atoms in total. The van der Waals surface area contributed by atoms with Crippen LogP contribution in [0.1, 0.15) is 19.4 Å². The van der Waals surface area contributed by atoms with Crippen LogP contribution in [0.2, 0.25) is 0 Å². The van der Waals surface area contributed by atoms with Crippen molar-refractivity contribution in [3.05, 3.63) is 64.6 Å². The molecule has 1 aromatic heterocycles. The number of hydrogen-bond donors (Lipinski definition) is 0. The second-order valence-corrected chi connectivity index (χ2v) is 8.74. The summed E-state index contributed by atoms with van der Waals surface area (Å²) in [4.78, 5) is 12.4. The zero-order valence-corrected chi connectivity index (χ0v) is 15.4. The fourth-order valence-corrected chi connectivity index (χ4v) is 3.64. The van der Waals surface area contributed by atoms with Crippen molar-refractivity contribution >= 4 is 15.7 Å². The Balaban J connectivity index is 2.27. The summed E-state index contributed by atoms with van der Waals surface area (Å²) >= 11 is 0. The summed E-state index contributed by atoms with van der Waals surface area (Å²) in [6.45, 7) is 3.77. The molecule has 1 aromatic carbocycles. The van der Waals surface area contributed by atoms with E-state index in [4.69, 9.17) is 4.74 Å². The average molecular weight is 360 g/mol. The molecule has 0 fully saturated rings. The average Bonchev–Trinajstić information content (AvgIpc) is 2.53. The van der Waals surface area contributed by atoms with Crippen LogP contribution in [0.15, 0.2) is 58.4 Å². The number of benzene rings is 1. The SMILES string of the molecule is CN(C)S(=O)(=O)c1ccc2c(c1)C(n1ccccc1=O)=CC(C)(C)O2. The molecule has 7 heteroatoms. The number of sulfonamides is 1. The topological polar surface area (TPSA) is 68.6 Å². The van der Waals surface area contributed by atoms with E-state index in [9.17, 15) is 13.2 Å². The number of pyridine rings is 1. The van der Waals surface area contributed by atoms with Crippen LogP contribution in [-0.4, -0.2) is 37.0 Å². The predicted octanol–water partition coefficient (Wildman–Crippen LogP) is 2.16. The number of fused-ring (bicyclic) bond motifs is 1. The minimum absolute atomic E-state index is 0.148. The maximum atomic E-state index is 12.5. The van der Waals surface area contributed by atoms with Gasteiger partial charge in [0, 0.05) is 31.9 Å². The van der Waals surface area contributed by atoms with Crippen LogP contribution in [0.4, 0.5) is 0 Å². The Hall–Kier alpha value is -2.38. The van der Waals surface area contributed by atoms with E-state index < -0.39 is 15.6 Å². The third-order valence-electron chi connectivity index (χ3n) is 3.94. The zero-order valence-electron chi connectivity index (χ0n) is 14.6. The number of ether oxygens (including phenoxy) is 1. The third kappa shape index (κ3) is 3.12. The highest BCUT2D eigenvalue weighted by Gasteiger charge is 2.29. The molecule has 0 aliphatic carbocycles. The van der Waals surface area contributed by atoms with Gasteiger partial charge in [0.1, 0.15) is 11.4 Å². The van der Waals surface area contributed by atoms with Crippen LogP contribution in [0.25, 0.3) is 5.70 Å². The Morgan fingerprint density at radius 1 is 1.12 bits per heavy atom. The van der Waals surface area contributed by atoms with Crippen molar-refractivity contribution in [1.29, 1.82) is 0 Å². The molecular formula is C18H20N2O4S. The first-order chi connectivity index (χ1) is 11.6. The van der Waals surface area contributed by atoms with E-state index in [1.165, 1.54) is 30.8 Å². The highest BCUT2D eigenvalue weighted by Crippen LogP contribution is 2.37. The van der Waals surface area contributed by atoms with Crippen LogP contribution in [-0.2, 0) is 10.0 Å². The molecule has 0 spiro atoms. The van der Waals surface area contributed by atoms with Gasteiger partial charge in [-0.05, 0) is 44.2 Å². The van der Waals surface area contributed by atoms with E-state index in [-0.39, 0.29) is 10.5 Å². The summed E-state index contributed by atoms with van der Waals surface area (Å²) in [6.07, 6.45) is 3.48. The molecule has 0 amide bonds. The molecule has 0 saturated carbocycles. The first-order valence-corrected chi connectivity index (χ1v) is 9.23. The standard InChI is InChI=1S/C18H20N2O4S/c1-18(2)12-15(20-10-6-5-7-17(20)21)14-11-13(8-9-16(14)24-18)25(22,23)19(3)4/h5-12H,1-4H3. The van der Waals surface area contributed by atoms with Gasteiger partial charge in [-0.25, -0.2) is 12.7 Å². The third-order valence-corrected chi connectivity index (χ3v) is 5.76. The number of hydrogen-bond acceptors (Lipinski definition) is 4. The predicted molar refractivity (Wildman–Crippen MR) is 96.1 cm³/mol. The Morgan fingerprint density at radius 2 is 1.84 bits per heavy atom. The lowest BCUT2D eigenvalue weighted by Crippen LogP contribution is -2.32. The Labute approximate surface area is 147 Å². The largest absolute Gasteiger partial charge is 0.483 e. The molecular weight excluding hydrogens is 340 g/mol. The normalized spacial score (nSPS) is 16.1. The van der Waals surface area contributed by atoms with Gasteiger partial charge in [0.2, 0.25) is 10.0 Å². The van der Waals surface area contributed by atoms with E-state index in [0.717, 1.165) is 4.31 Å². The molecule has 1 aliphatic rings. The van der Waals surface area contributed by atoms with Crippen LogP contribution < -0.4 is 10.3 Å². The fourth-order valence-electron chi connectivity index (χ4n) is 2.72. The molecule has 25 heavy (non-hydrogen) atoms. The summed E-state index contributed by atoms with van der Waals surface area (Å²) in [6, 6.07) is 9.58. The smallest absolute Gasteiger partial charge is 0.255 e. The quantitative estimate of drug-likeness (QED) is 0.841. The lowest BCUT2D eigenvalue weighted by molar-refractivity contribution is 0.157. The van der Waals surface area contributed by atoms with E-state index >= 15 is 0 Å². The minimum atomic E-state index is -3.59. The van der Waals surface area contributed by atoms with Crippen molar-refractivity contribution in [2.24, 2.45) is 0 Å². The maximum Gasteiger partial charge on any atom is 0.255 e. The molecule has 0 N–H and O–H groups in total. The summed E-state index contributed by atoms with van der Waals surface area (Å²) < 4.78 is 33.5. The summed E-state index contributed by atoms with van der Waals surface area (Å²) in [5.74, 6) is 0.538. The molecule has 0 atom stereocenters. The lowest BCUT2D eigenvalue weighted by atomic mass is 9.99. The van der Waals surface area contributed by atoms with Gasteiger partial charge in [-0.1, -0.05) is 6.07 Å². The monoisotopic (exact) mass is 360 g/mol. The maximum absolute atomic E-state index is 12.5. The molecule has 1 aliphatic heterocycles. The van der Waals surface area contributed by atoms with E-state index in [1.54, 1.807) is 30.5 Å². The first-order valence-electron chi connectivity index (χ1n) is 7.79. The Bertz CT molecular complexity index is 1020. The number of nitrogens with zero attached hydrogens (tertiary/aromatic N) is 2. The van der Waals surface area contributed by atoms with Gasteiger partial charge in [0.25, 0.3) is 5.56 Å². The fraction of sp³-hybridized carbons (Fsp3) is 0.278. The number of rotatable bonds is 3. The molecule has 2 heterocycles. The van der Waals surface area contributed by atoms with Crippen LogP contribution in [0.3, 0.4) is 0 Å². The van der Waals surface area contributed by atoms with Crippen molar-refractivity contribution in [2.75, 3.05) is 14.1 Å². The highest BCUT2D eigenvalue weighted by molar-refractivity contribution is 7.89. The van der Waals surface area contributed by atoms with Gasteiger partial charge in [-0.2, -0.15) is 0 Å². The zero-order chi connectivity index (χ0) is 18.4. The summed E-state index contributed by atoms with van der Waals surface area (Å²) in [5, 5.41) is 0. The van der Waals surface area contributed by atoms with Gasteiger partial charge in [0.15, 0.2) is 0 Å². The van der Waals surface area contributed by atoms with E-state index in [2.05, 4.69) is 0 Å². The van der Waals surface area contributed by atoms with Crippen molar-refractivity contribution in [3.8, 4) is 5.75 Å². The second kappa shape index (κ2) is 5.86. The van der Waals surface area contributed by atoms with Gasteiger partial charge in [-0.15, -0.1) is 0 Å². The molecule has 0 saturated heterocycles.